The lowest BCUT2D eigenvalue weighted by Gasteiger charge is -2.22. The number of amides is 1. The molecule has 0 radical (unpaired) electrons. The molecule has 0 bridgehead atoms. The first kappa shape index (κ1) is 20.0. The Kier molecular flexibility index (Phi) is 5.49. The van der Waals surface area contributed by atoms with Gasteiger partial charge in [0.2, 0.25) is 0 Å². The van der Waals surface area contributed by atoms with E-state index >= 15 is 0 Å². The molecule has 5 nitrogen and oxygen atoms in total. The minimum absolute atomic E-state index is 0.0206. The topological polar surface area (TPSA) is 86.6 Å². The number of carbonyl (C=O) groups excluding carboxylic acids is 2. The van der Waals surface area contributed by atoms with E-state index in [0.29, 0.717) is 22.7 Å². The number of hydrogen-bond acceptors (Lipinski definition) is 4. The molecule has 0 aromatic heterocycles. The lowest BCUT2D eigenvalue weighted by Crippen LogP contribution is -2.43. The Bertz CT molecular complexity index is 926. The van der Waals surface area contributed by atoms with Gasteiger partial charge in [-0.2, -0.15) is 0 Å². The van der Waals surface area contributed by atoms with E-state index in [4.69, 9.17) is 0 Å². The van der Waals surface area contributed by atoms with Gasteiger partial charge in [0.25, 0.3) is 5.91 Å². The largest absolute Gasteiger partial charge is 0.396 e. The smallest absolute Gasteiger partial charge is 0.261 e. The van der Waals surface area contributed by atoms with E-state index < -0.39 is 23.9 Å². The minimum atomic E-state index is -2.07. The normalized spacial score (nSPS) is 19.3. The SMILES string of the molecule is Cc1ccc(C(=O)C2=C(c3ccc(C(C)C)cc3)NC(=O)C2(O)CCO)cc1. The molecule has 3 N–H and O–H groups in total. The highest BCUT2D eigenvalue weighted by molar-refractivity contribution is 6.22. The van der Waals surface area contributed by atoms with Crippen LogP contribution in [0.5, 0.6) is 0 Å². The molecule has 1 heterocycles. The first-order chi connectivity index (χ1) is 13.3. The average Bonchev–Trinajstić information content (AvgIpc) is 2.93. The maximum atomic E-state index is 13.3. The second kappa shape index (κ2) is 7.70. The summed E-state index contributed by atoms with van der Waals surface area (Å²) in [5, 5.41) is 23.1. The molecule has 0 saturated carbocycles. The van der Waals surface area contributed by atoms with Crippen molar-refractivity contribution in [1.82, 2.24) is 5.32 Å². The molecule has 1 atom stereocenters. The van der Waals surface area contributed by atoms with Crippen molar-refractivity contribution < 1.29 is 19.8 Å². The number of aliphatic hydroxyl groups excluding tert-OH is 1. The maximum Gasteiger partial charge on any atom is 0.261 e. The average molecular weight is 379 g/mol. The minimum Gasteiger partial charge on any atom is -0.396 e. The van der Waals surface area contributed by atoms with Crippen LogP contribution in [-0.4, -0.2) is 34.1 Å². The highest BCUT2D eigenvalue weighted by Gasteiger charge is 2.50. The summed E-state index contributed by atoms with van der Waals surface area (Å²) in [5.74, 6) is -0.779. The Morgan fingerprint density at radius 3 is 2.21 bits per heavy atom. The molecule has 0 fully saturated rings. The summed E-state index contributed by atoms with van der Waals surface area (Å²) in [6.45, 7) is 5.65. The van der Waals surface area contributed by atoms with Crippen LogP contribution in [0.4, 0.5) is 0 Å². The fourth-order valence-electron chi connectivity index (χ4n) is 3.40. The first-order valence-corrected chi connectivity index (χ1v) is 9.39. The van der Waals surface area contributed by atoms with Gasteiger partial charge in [-0.1, -0.05) is 67.9 Å². The van der Waals surface area contributed by atoms with Gasteiger partial charge >= 0.3 is 0 Å². The van der Waals surface area contributed by atoms with Crippen molar-refractivity contribution in [1.29, 1.82) is 0 Å². The molecule has 146 valence electrons. The molecule has 28 heavy (non-hydrogen) atoms. The number of rotatable bonds is 6. The van der Waals surface area contributed by atoms with Crippen LogP contribution in [-0.2, 0) is 4.79 Å². The van der Waals surface area contributed by atoms with Gasteiger partial charge in [0.1, 0.15) is 0 Å². The number of nitrogens with one attached hydrogen (secondary N) is 1. The molecule has 2 aromatic carbocycles. The summed E-state index contributed by atoms with van der Waals surface area (Å²) in [7, 11) is 0. The highest BCUT2D eigenvalue weighted by atomic mass is 16.3. The van der Waals surface area contributed by atoms with Crippen LogP contribution in [0.3, 0.4) is 0 Å². The zero-order chi connectivity index (χ0) is 20.5. The third-order valence-electron chi connectivity index (χ3n) is 5.16. The third-order valence-corrected chi connectivity index (χ3v) is 5.16. The monoisotopic (exact) mass is 379 g/mol. The fourth-order valence-corrected chi connectivity index (χ4v) is 3.40. The quantitative estimate of drug-likeness (QED) is 0.674. The fraction of sp³-hybridized carbons (Fsp3) is 0.304. The third kappa shape index (κ3) is 3.51. The van der Waals surface area contributed by atoms with E-state index in [-0.39, 0.29) is 12.0 Å². The van der Waals surface area contributed by atoms with Gasteiger partial charge in [0.15, 0.2) is 11.4 Å². The molecule has 0 saturated heterocycles. The van der Waals surface area contributed by atoms with E-state index in [9.17, 15) is 19.8 Å². The Morgan fingerprint density at radius 1 is 1.07 bits per heavy atom. The Morgan fingerprint density at radius 2 is 1.68 bits per heavy atom. The molecular formula is C23H25NO4. The zero-order valence-corrected chi connectivity index (χ0v) is 16.3. The molecule has 1 aliphatic rings. The molecule has 1 aliphatic heterocycles. The number of benzene rings is 2. The molecule has 3 rings (SSSR count). The molecule has 5 heteroatoms. The van der Waals surface area contributed by atoms with Crippen molar-refractivity contribution in [2.75, 3.05) is 6.61 Å². The predicted octanol–water partition coefficient (Wildman–Crippen LogP) is 2.96. The van der Waals surface area contributed by atoms with E-state index in [1.807, 2.05) is 31.2 Å². The number of aliphatic hydroxyl groups is 2. The summed E-state index contributed by atoms with van der Waals surface area (Å²) >= 11 is 0. The van der Waals surface area contributed by atoms with E-state index in [1.165, 1.54) is 0 Å². The Labute approximate surface area is 164 Å². The standard InChI is InChI=1S/C23H25NO4/c1-14(2)16-8-10-17(11-9-16)20-19(23(28,12-13-25)22(27)24-20)21(26)18-6-4-15(3)5-7-18/h4-11,14,25,28H,12-13H2,1-3H3,(H,24,27). The molecule has 1 unspecified atom stereocenters. The van der Waals surface area contributed by atoms with Crippen LogP contribution in [0.1, 0.15) is 53.2 Å². The van der Waals surface area contributed by atoms with E-state index in [0.717, 1.165) is 11.1 Å². The van der Waals surface area contributed by atoms with Crippen LogP contribution in [0.15, 0.2) is 54.1 Å². The summed E-state index contributed by atoms with van der Waals surface area (Å²) in [6, 6.07) is 14.5. The molecule has 0 aliphatic carbocycles. The predicted molar refractivity (Wildman–Crippen MR) is 108 cm³/mol. The number of ketones is 1. The Hall–Kier alpha value is -2.76. The summed E-state index contributed by atoms with van der Waals surface area (Å²) in [5.41, 5.74) is 1.36. The van der Waals surface area contributed by atoms with Crippen molar-refractivity contribution in [3.05, 3.63) is 76.4 Å². The van der Waals surface area contributed by atoms with Gasteiger partial charge in [-0.25, -0.2) is 0 Å². The van der Waals surface area contributed by atoms with Gasteiger partial charge in [-0.05, 0) is 24.0 Å². The van der Waals surface area contributed by atoms with Crippen LogP contribution in [0.25, 0.3) is 5.70 Å². The lowest BCUT2D eigenvalue weighted by atomic mass is 9.84. The van der Waals surface area contributed by atoms with Crippen LogP contribution < -0.4 is 5.32 Å². The van der Waals surface area contributed by atoms with E-state index in [1.54, 1.807) is 24.3 Å². The number of carbonyl (C=O) groups is 2. The van der Waals surface area contributed by atoms with Crippen LogP contribution in [0.2, 0.25) is 0 Å². The molecule has 2 aromatic rings. The van der Waals surface area contributed by atoms with Gasteiger partial charge in [0, 0.05) is 18.6 Å². The summed E-state index contributed by atoms with van der Waals surface area (Å²) < 4.78 is 0. The second-order valence-corrected chi connectivity index (χ2v) is 7.51. The van der Waals surface area contributed by atoms with Gasteiger partial charge < -0.3 is 15.5 Å². The lowest BCUT2D eigenvalue weighted by molar-refractivity contribution is -0.134. The second-order valence-electron chi connectivity index (χ2n) is 7.51. The van der Waals surface area contributed by atoms with Gasteiger partial charge in [-0.3, -0.25) is 9.59 Å². The zero-order valence-electron chi connectivity index (χ0n) is 16.3. The molecule has 0 spiro atoms. The van der Waals surface area contributed by atoms with Crippen molar-refractivity contribution in [2.45, 2.75) is 38.7 Å². The van der Waals surface area contributed by atoms with Crippen molar-refractivity contribution in [2.24, 2.45) is 0 Å². The van der Waals surface area contributed by atoms with Crippen LogP contribution >= 0.6 is 0 Å². The summed E-state index contributed by atoms with van der Waals surface area (Å²) in [4.78, 5) is 25.8. The first-order valence-electron chi connectivity index (χ1n) is 9.39. The Balaban J connectivity index is 2.15. The number of Topliss-reactive ketones (excluding diaryl/α,β-unsaturated/α-hetero) is 1. The van der Waals surface area contributed by atoms with Crippen molar-refractivity contribution in [3.8, 4) is 0 Å². The van der Waals surface area contributed by atoms with E-state index in [2.05, 4.69) is 19.2 Å². The van der Waals surface area contributed by atoms with Crippen molar-refractivity contribution >= 4 is 17.4 Å². The summed E-state index contributed by atoms with van der Waals surface area (Å²) in [6.07, 6.45) is -0.251. The molecular weight excluding hydrogens is 354 g/mol. The van der Waals surface area contributed by atoms with Crippen molar-refractivity contribution in [3.63, 3.8) is 0 Å². The van der Waals surface area contributed by atoms with Crippen LogP contribution in [0, 0.1) is 6.92 Å². The van der Waals surface area contributed by atoms with Gasteiger partial charge in [-0.15, -0.1) is 0 Å². The number of aryl methyl sites for hydroxylation is 1. The number of hydrogen-bond donors (Lipinski definition) is 3. The maximum absolute atomic E-state index is 13.3. The molecule has 1 amide bonds. The van der Waals surface area contributed by atoms with Gasteiger partial charge in [0.05, 0.1) is 11.3 Å². The highest BCUT2D eigenvalue weighted by Crippen LogP contribution is 2.36.